The molecule has 28 heavy (non-hydrogen) atoms. The van der Waals surface area contributed by atoms with Crippen molar-refractivity contribution in [3.8, 4) is 0 Å². The quantitative estimate of drug-likeness (QED) is 0.646. The van der Waals surface area contributed by atoms with E-state index < -0.39 is 15.9 Å². The molecule has 0 atom stereocenters. The van der Waals surface area contributed by atoms with Gasteiger partial charge in [0.1, 0.15) is 6.54 Å². The minimum atomic E-state index is -3.96. The first-order valence-corrected chi connectivity index (χ1v) is 10.4. The van der Waals surface area contributed by atoms with E-state index in [1.54, 1.807) is 54.6 Å². The Morgan fingerprint density at radius 2 is 1.64 bits per heavy atom. The van der Waals surface area contributed by atoms with E-state index in [1.807, 2.05) is 13.0 Å². The third-order valence-corrected chi connectivity index (χ3v) is 6.07. The topological polar surface area (TPSA) is 66.5 Å². The van der Waals surface area contributed by atoms with Gasteiger partial charge in [-0.3, -0.25) is 9.10 Å². The van der Waals surface area contributed by atoms with Gasteiger partial charge in [-0.05, 0) is 49.4 Å². The van der Waals surface area contributed by atoms with E-state index in [1.165, 1.54) is 18.2 Å². The highest BCUT2D eigenvalue weighted by molar-refractivity contribution is 7.92. The molecule has 3 aromatic rings. The van der Waals surface area contributed by atoms with Crippen LogP contribution in [0.2, 0.25) is 5.02 Å². The van der Waals surface area contributed by atoms with E-state index in [0.717, 1.165) is 9.87 Å². The summed E-state index contributed by atoms with van der Waals surface area (Å²) in [7, 11) is -3.96. The normalized spacial score (nSPS) is 11.1. The lowest BCUT2D eigenvalue weighted by molar-refractivity contribution is -0.114. The van der Waals surface area contributed by atoms with Crippen LogP contribution in [-0.2, 0) is 14.8 Å². The smallest absolute Gasteiger partial charge is 0.264 e. The summed E-state index contributed by atoms with van der Waals surface area (Å²) in [5.74, 6) is -0.457. The first-order chi connectivity index (χ1) is 13.4. The second-order valence-corrected chi connectivity index (χ2v) is 8.52. The Morgan fingerprint density at radius 1 is 0.964 bits per heavy atom. The molecule has 0 aliphatic carbocycles. The number of aryl methyl sites for hydroxylation is 1. The van der Waals surface area contributed by atoms with Crippen molar-refractivity contribution in [1.29, 1.82) is 0 Å². The van der Waals surface area contributed by atoms with Crippen LogP contribution >= 0.6 is 11.6 Å². The van der Waals surface area contributed by atoms with Gasteiger partial charge >= 0.3 is 0 Å². The molecule has 3 rings (SSSR count). The number of carbonyl (C=O) groups excluding carboxylic acids is 1. The summed E-state index contributed by atoms with van der Waals surface area (Å²) in [5, 5.41) is 3.09. The fourth-order valence-corrected chi connectivity index (χ4v) is 4.23. The number of para-hydroxylation sites is 1. The highest BCUT2D eigenvalue weighted by Crippen LogP contribution is 2.26. The lowest BCUT2D eigenvalue weighted by Crippen LogP contribution is -2.38. The molecule has 1 N–H and O–H groups in total. The zero-order chi connectivity index (χ0) is 20.1. The van der Waals surface area contributed by atoms with Crippen LogP contribution in [0.25, 0.3) is 0 Å². The van der Waals surface area contributed by atoms with E-state index in [-0.39, 0.29) is 11.4 Å². The summed E-state index contributed by atoms with van der Waals surface area (Å²) >= 11 is 6.05. The summed E-state index contributed by atoms with van der Waals surface area (Å²) in [5.41, 5.74) is 1.85. The fourth-order valence-electron chi connectivity index (χ4n) is 2.64. The number of benzene rings is 3. The van der Waals surface area contributed by atoms with Crippen molar-refractivity contribution in [2.75, 3.05) is 16.2 Å². The van der Waals surface area contributed by atoms with Crippen LogP contribution in [0.1, 0.15) is 5.56 Å². The van der Waals surface area contributed by atoms with Gasteiger partial charge in [-0.1, -0.05) is 53.6 Å². The summed E-state index contributed by atoms with van der Waals surface area (Å²) < 4.78 is 27.5. The van der Waals surface area contributed by atoms with Crippen molar-refractivity contribution in [1.82, 2.24) is 0 Å². The van der Waals surface area contributed by atoms with Gasteiger partial charge in [0.15, 0.2) is 0 Å². The van der Waals surface area contributed by atoms with Gasteiger partial charge in [0.2, 0.25) is 5.91 Å². The van der Waals surface area contributed by atoms with Crippen LogP contribution in [0, 0.1) is 6.92 Å². The van der Waals surface area contributed by atoms with Crippen LogP contribution < -0.4 is 9.62 Å². The molecule has 0 saturated heterocycles. The lowest BCUT2D eigenvalue weighted by Gasteiger charge is -2.24. The van der Waals surface area contributed by atoms with Crippen molar-refractivity contribution < 1.29 is 13.2 Å². The van der Waals surface area contributed by atoms with Crippen LogP contribution in [0.3, 0.4) is 0 Å². The molecular formula is C21H19ClN2O3S. The van der Waals surface area contributed by atoms with Gasteiger partial charge in [0, 0.05) is 10.7 Å². The molecule has 0 radical (unpaired) electrons. The van der Waals surface area contributed by atoms with Crippen molar-refractivity contribution in [3.63, 3.8) is 0 Å². The van der Waals surface area contributed by atoms with Gasteiger partial charge in [0.25, 0.3) is 10.0 Å². The number of nitrogens with zero attached hydrogens (tertiary/aromatic N) is 1. The molecule has 0 aliphatic heterocycles. The first kappa shape index (κ1) is 19.9. The maximum Gasteiger partial charge on any atom is 0.264 e. The summed E-state index contributed by atoms with van der Waals surface area (Å²) in [6.45, 7) is 1.49. The number of sulfonamides is 1. The number of carbonyl (C=O) groups is 1. The molecule has 1 amide bonds. The third-order valence-electron chi connectivity index (χ3n) is 4.05. The Hall–Kier alpha value is -2.83. The highest BCUT2D eigenvalue weighted by atomic mass is 35.5. The predicted molar refractivity (Wildman–Crippen MR) is 112 cm³/mol. The second kappa shape index (κ2) is 8.46. The van der Waals surface area contributed by atoms with Crippen LogP contribution in [0.4, 0.5) is 11.4 Å². The average molecular weight is 415 g/mol. The molecule has 0 aromatic heterocycles. The molecular weight excluding hydrogens is 396 g/mol. The number of hydrogen-bond donors (Lipinski definition) is 1. The van der Waals surface area contributed by atoms with E-state index in [4.69, 9.17) is 11.6 Å². The van der Waals surface area contributed by atoms with Crippen LogP contribution in [0.5, 0.6) is 0 Å². The molecule has 0 saturated carbocycles. The van der Waals surface area contributed by atoms with Gasteiger partial charge in [-0.2, -0.15) is 0 Å². The van der Waals surface area contributed by atoms with E-state index in [0.29, 0.717) is 16.4 Å². The molecule has 0 aliphatic rings. The van der Waals surface area contributed by atoms with Crippen LogP contribution in [0.15, 0.2) is 83.8 Å². The number of nitrogens with one attached hydrogen (secondary N) is 1. The number of hydrogen-bond acceptors (Lipinski definition) is 3. The van der Waals surface area contributed by atoms with E-state index in [9.17, 15) is 13.2 Å². The molecule has 7 heteroatoms. The Morgan fingerprint density at radius 3 is 2.29 bits per heavy atom. The molecule has 0 unspecified atom stereocenters. The van der Waals surface area contributed by atoms with Crippen molar-refractivity contribution in [2.24, 2.45) is 0 Å². The minimum absolute atomic E-state index is 0.102. The molecule has 3 aromatic carbocycles. The Kier molecular flexibility index (Phi) is 6.02. The number of anilines is 2. The minimum Gasteiger partial charge on any atom is -0.325 e. The predicted octanol–water partition coefficient (Wildman–Crippen LogP) is 4.48. The monoisotopic (exact) mass is 414 g/mol. The fraction of sp³-hybridized carbons (Fsp3) is 0.0952. The lowest BCUT2D eigenvalue weighted by atomic mass is 10.2. The largest absolute Gasteiger partial charge is 0.325 e. The molecule has 5 nitrogen and oxygen atoms in total. The van der Waals surface area contributed by atoms with Crippen molar-refractivity contribution in [3.05, 3.63) is 89.4 Å². The molecule has 144 valence electrons. The van der Waals surface area contributed by atoms with Crippen molar-refractivity contribution in [2.45, 2.75) is 11.8 Å². The highest BCUT2D eigenvalue weighted by Gasteiger charge is 2.27. The Bertz CT molecular complexity index is 1070. The van der Waals surface area contributed by atoms with Gasteiger partial charge in [-0.15, -0.1) is 0 Å². The standard InChI is InChI=1S/C21H19ClN2O3S/c1-16-10-12-20(13-11-16)28(26,27)24(19-9-5-6-17(22)14-19)15-21(25)23-18-7-3-2-4-8-18/h2-14H,15H2,1H3,(H,23,25). The Labute approximate surface area is 169 Å². The maximum absolute atomic E-state index is 13.2. The van der Waals surface area contributed by atoms with Gasteiger partial charge in [-0.25, -0.2) is 8.42 Å². The summed E-state index contributed by atoms with van der Waals surface area (Å²) in [4.78, 5) is 12.7. The zero-order valence-electron chi connectivity index (χ0n) is 15.2. The SMILES string of the molecule is Cc1ccc(S(=O)(=O)N(CC(=O)Nc2ccccc2)c2cccc(Cl)c2)cc1. The molecule has 0 spiro atoms. The van der Waals surface area contributed by atoms with Crippen LogP contribution in [-0.4, -0.2) is 20.9 Å². The molecule has 0 bridgehead atoms. The number of halogens is 1. The van der Waals surface area contributed by atoms with E-state index in [2.05, 4.69) is 5.32 Å². The Balaban J connectivity index is 1.95. The number of amides is 1. The van der Waals surface area contributed by atoms with Gasteiger partial charge < -0.3 is 5.32 Å². The molecule has 0 fully saturated rings. The second-order valence-electron chi connectivity index (χ2n) is 6.22. The number of rotatable bonds is 6. The maximum atomic E-state index is 13.2. The first-order valence-electron chi connectivity index (χ1n) is 8.56. The average Bonchev–Trinajstić information content (AvgIpc) is 2.67. The summed E-state index contributed by atoms with van der Waals surface area (Å²) in [6, 6.07) is 21.8. The zero-order valence-corrected chi connectivity index (χ0v) is 16.7. The summed E-state index contributed by atoms with van der Waals surface area (Å²) in [6.07, 6.45) is 0. The third kappa shape index (κ3) is 4.71. The van der Waals surface area contributed by atoms with E-state index >= 15 is 0 Å². The molecule has 0 heterocycles. The van der Waals surface area contributed by atoms with Gasteiger partial charge in [0.05, 0.1) is 10.6 Å². The van der Waals surface area contributed by atoms with Crippen molar-refractivity contribution >= 4 is 38.9 Å².